The van der Waals surface area contributed by atoms with E-state index in [0.717, 1.165) is 6.42 Å². The van der Waals surface area contributed by atoms with Crippen molar-refractivity contribution < 1.29 is 9.18 Å². The minimum atomic E-state index is -0.328. The highest BCUT2D eigenvalue weighted by molar-refractivity contribution is 5.92. The van der Waals surface area contributed by atoms with Gasteiger partial charge in [0.15, 0.2) is 5.69 Å². The maximum absolute atomic E-state index is 12.9. The average Bonchev–Trinajstić information content (AvgIpc) is 3.14. The van der Waals surface area contributed by atoms with E-state index in [2.05, 4.69) is 10.2 Å². The van der Waals surface area contributed by atoms with Crippen LogP contribution >= 0.6 is 12.4 Å². The van der Waals surface area contributed by atoms with Crippen LogP contribution in [0.5, 0.6) is 0 Å². The molecular formula is C15H19ClFN5O. The SMILES string of the molecule is CC1CC(CN)CN1C(=O)c1cnn(-c2ccc(F)cc2)n1.Cl. The molecule has 2 N–H and O–H groups in total. The summed E-state index contributed by atoms with van der Waals surface area (Å²) >= 11 is 0. The van der Waals surface area contributed by atoms with Gasteiger partial charge in [0, 0.05) is 12.6 Å². The van der Waals surface area contributed by atoms with Crippen LogP contribution in [0.25, 0.3) is 5.69 Å². The molecule has 124 valence electrons. The summed E-state index contributed by atoms with van der Waals surface area (Å²) in [5.74, 6) is -0.131. The van der Waals surface area contributed by atoms with E-state index in [1.807, 2.05) is 6.92 Å². The van der Waals surface area contributed by atoms with Crippen molar-refractivity contribution in [3.8, 4) is 5.69 Å². The molecule has 2 aromatic rings. The van der Waals surface area contributed by atoms with Crippen molar-refractivity contribution >= 4 is 18.3 Å². The van der Waals surface area contributed by atoms with Gasteiger partial charge in [0.25, 0.3) is 5.91 Å². The summed E-state index contributed by atoms with van der Waals surface area (Å²) in [6, 6.07) is 5.93. The molecule has 1 fully saturated rings. The molecule has 2 heterocycles. The Balaban J connectivity index is 0.00000192. The molecule has 1 amide bonds. The molecule has 1 aromatic heterocycles. The molecule has 0 spiro atoms. The molecule has 6 nitrogen and oxygen atoms in total. The second kappa shape index (κ2) is 7.06. The molecule has 3 rings (SSSR count). The smallest absolute Gasteiger partial charge is 0.276 e. The van der Waals surface area contributed by atoms with Gasteiger partial charge in [-0.2, -0.15) is 9.90 Å². The van der Waals surface area contributed by atoms with Crippen LogP contribution < -0.4 is 5.73 Å². The van der Waals surface area contributed by atoms with E-state index in [-0.39, 0.29) is 35.9 Å². The first-order valence-corrected chi connectivity index (χ1v) is 7.28. The summed E-state index contributed by atoms with van der Waals surface area (Å²) in [5, 5.41) is 8.28. The minimum Gasteiger partial charge on any atom is -0.334 e. The predicted molar refractivity (Wildman–Crippen MR) is 86.2 cm³/mol. The van der Waals surface area contributed by atoms with E-state index in [0.29, 0.717) is 24.7 Å². The molecule has 0 saturated carbocycles. The van der Waals surface area contributed by atoms with E-state index < -0.39 is 0 Å². The third-order valence-electron chi connectivity index (χ3n) is 4.02. The molecule has 2 unspecified atom stereocenters. The molecule has 1 aliphatic rings. The van der Waals surface area contributed by atoms with Gasteiger partial charge in [0.1, 0.15) is 5.82 Å². The first kappa shape index (κ1) is 17.4. The number of amides is 1. The van der Waals surface area contributed by atoms with Crippen LogP contribution in [0, 0.1) is 11.7 Å². The normalized spacial score (nSPS) is 20.4. The highest BCUT2D eigenvalue weighted by Crippen LogP contribution is 2.23. The van der Waals surface area contributed by atoms with Gasteiger partial charge in [-0.15, -0.1) is 17.5 Å². The molecule has 1 aliphatic heterocycles. The lowest BCUT2D eigenvalue weighted by molar-refractivity contribution is 0.0737. The zero-order chi connectivity index (χ0) is 15.7. The Morgan fingerprint density at radius 2 is 2.09 bits per heavy atom. The maximum Gasteiger partial charge on any atom is 0.276 e. The van der Waals surface area contributed by atoms with Gasteiger partial charge in [-0.25, -0.2) is 4.39 Å². The Morgan fingerprint density at radius 3 is 2.70 bits per heavy atom. The highest BCUT2D eigenvalue weighted by Gasteiger charge is 2.33. The standard InChI is InChI=1S/C15H18FN5O.ClH/c1-10-6-11(7-17)9-20(10)15(22)14-8-18-21(19-14)13-4-2-12(16)3-5-13;/h2-5,8,10-11H,6-7,9,17H2,1H3;1H. The van der Waals surface area contributed by atoms with Crippen LogP contribution in [0.15, 0.2) is 30.5 Å². The summed E-state index contributed by atoms with van der Waals surface area (Å²) in [6.07, 6.45) is 2.35. The van der Waals surface area contributed by atoms with Gasteiger partial charge in [0.2, 0.25) is 0 Å². The fourth-order valence-electron chi connectivity index (χ4n) is 2.80. The maximum atomic E-state index is 12.9. The number of likely N-dealkylation sites (tertiary alicyclic amines) is 1. The lowest BCUT2D eigenvalue weighted by atomic mass is 10.1. The number of rotatable bonds is 3. The summed E-state index contributed by atoms with van der Waals surface area (Å²) in [5.41, 5.74) is 6.58. The molecule has 1 aromatic carbocycles. The largest absolute Gasteiger partial charge is 0.334 e. The van der Waals surface area contributed by atoms with Gasteiger partial charge in [0.05, 0.1) is 11.9 Å². The quantitative estimate of drug-likeness (QED) is 0.922. The summed E-state index contributed by atoms with van der Waals surface area (Å²) in [7, 11) is 0. The van der Waals surface area contributed by atoms with E-state index in [4.69, 9.17) is 5.73 Å². The Morgan fingerprint density at radius 1 is 1.39 bits per heavy atom. The van der Waals surface area contributed by atoms with Crippen molar-refractivity contribution in [2.24, 2.45) is 11.7 Å². The summed E-state index contributed by atoms with van der Waals surface area (Å²) < 4.78 is 12.9. The number of aromatic nitrogens is 3. The summed E-state index contributed by atoms with van der Waals surface area (Å²) in [6.45, 7) is 3.24. The third kappa shape index (κ3) is 3.51. The second-order valence-corrected chi connectivity index (χ2v) is 5.64. The molecule has 2 atom stereocenters. The lowest BCUT2D eigenvalue weighted by Gasteiger charge is -2.19. The Hall–Kier alpha value is -1.99. The summed E-state index contributed by atoms with van der Waals surface area (Å²) in [4.78, 5) is 15.6. The molecule has 0 aliphatic carbocycles. The van der Waals surface area contributed by atoms with Crippen molar-refractivity contribution in [1.82, 2.24) is 19.9 Å². The number of carbonyl (C=O) groups is 1. The van der Waals surface area contributed by atoms with Gasteiger partial charge < -0.3 is 10.6 Å². The van der Waals surface area contributed by atoms with Crippen molar-refractivity contribution in [2.45, 2.75) is 19.4 Å². The first-order chi connectivity index (χ1) is 10.6. The van der Waals surface area contributed by atoms with Crippen LogP contribution in [0.3, 0.4) is 0 Å². The van der Waals surface area contributed by atoms with Crippen molar-refractivity contribution in [3.63, 3.8) is 0 Å². The number of hydrogen-bond acceptors (Lipinski definition) is 4. The van der Waals surface area contributed by atoms with E-state index in [1.165, 1.54) is 23.1 Å². The van der Waals surface area contributed by atoms with E-state index in [1.54, 1.807) is 17.0 Å². The number of halogens is 2. The predicted octanol–water partition coefficient (Wildman–Crippen LogP) is 1.64. The Bertz CT molecular complexity index is 675. The van der Waals surface area contributed by atoms with Crippen LogP contribution in [0.2, 0.25) is 0 Å². The molecule has 0 radical (unpaired) electrons. The van der Waals surface area contributed by atoms with Crippen LogP contribution in [0.1, 0.15) is 23.8 Å². The van der Waals surface area contributed by atoms with E-state index in [9.17, 15) is 9.18 Å². The molecule has 0 bridgehead atoms. The van der Waals surface area contributed by atoms with Crippen LogP contribution in [-0.2, 0) is 0 Å². The molecule has 1 saturated heterocycles. The van der Waals surface area contributed by atoms with E-state index >= 15 is 0 Å². The lowest BCUT2D eigenvalue weighted by Crippen LogP contribution is -2.34. The van der Waals surface area contributed by atoms with Gasteiger partial charge >= 0.3 is 0 Å². The first-order valence-electron chi connectivity index (χ1n) is 7.28. The third-order valence-corrected chi connectivity index (χ3v) is 4.02. The Kier molecular flexibility index (Phi) is 5.33. The number of benzene rings is 1. The fourth-order valence-corrected chi connectivity index (χ4v) is 2.80. The van der Waals surface area contributed by atoms with Crippen molar-refractivity contribution in [3.05, 3.63) is 42.0 Å². The topological polar surface area (TPSA) is 77.0 Å². The number of nitrogens with zero attached hydrogens (tertiary/aromatic N) is 4. The Labute approximate surface area is 139 Å². The zero-order valence-electron chi connectivity index (χ0n) is 12.7. The minimum absolute atomic E-state index is 0. The molecule has 23 heavy (non-hydrogen) atoms. The molecule has 8 heteroatoms. The van der Waals surface area contributed by atoms with Gasteiger partial charge in [-0.05, 0) is 50.1 Å². The number of carbonyl (C=O) groups excluding carboxylic acids is 1. The monoisotopic (exact) mass is 339 g/mol. The molecular weight excluding hydrogens is 321 g/mol. The van der Waals surface area contributed by atoms with Crippen molar-refractivity contribution in [1.29, 1.82) is 0 Å². The number of nitrogens with two attached hydrogens (primary N) is 1. The second-order valence-electron chi connectivity index (χ2n) is 5.64. The fraction of sp³-hybridized carbons (Fsp3) is 0.400. The van der Waals surface area contributed by atoms with Crippen LogP contribution in [-0.4, -0.2) is 44.9 Å². The van der Waals surface area contributed by atoms with Crippen molar-refractivity contribution in [2.75, 3.05) is 13.1 Å². The average molecular weight is 340 g/mol. The highest BCUT2D eigenvalue weighted by atomic mass is 35.5. The number of hydrogen-bond donors (Lipinski definition) is 1. The van der Waals surface area contributed by atoms with Crippen LogP contribution in [0.4, 0.5) is 4.39 Å². The van der Waals surface area contributed by atoms with Gasteiger partial charge in [-0.3, -0.25) is 4.79 Å². The zero-order valence-corrected chi connectivity index (χ0v) is 13.5. The van der Waals surface area contributed by atoms with Gasteiger partial charge in [-0.1, -0.05) is 0 Å².